The quantitative estimate of drug-likeness (QED) is 0.794. The predicted octanol–water partition coefficient (Wildman–Crippen LogP) is 2.60. The van der Waals surface area contributed by atoms with Gasteiger partial charge >= 0.3 is 0 Å². The van der Waals surface area contributed by atoms with Gasteiger partial charge in [-0.05, 0) is 30.3 Å². The molecule has 0 fully saturated rings. The van der Waals surface area contributed by atoms with E-state index in [1.807, 2.05) is 47.0 Å². The Kier molecular flexibility index (Phi) is 2.95. The molecule has 0 atom stereocenters. The average Bonchev–Trinajstić information content (AvgIpc) is 2.84. The number of ether oxygens (including phenoxy) is 2. The first-order valence-corrected chi connectivity index (χ1v) is 6.19. The summed E-state index contributed by atoms with van der Waals surface area (Å²) >= 11 is 0. The molecule has 3 aromatic rings. The molecule has 0 spiro atoms. The Bertz CT molecular complexity index is 765. The van der Waals surface area contributed by atoms with E-state index in [9.17, 15) is 0 Å². The Morgan fingerprint density at radius 2 is 1.85 bits per heavy atom. The molecule has 2 N–H and O–H groups in total. The largest absolute Gasteiger partial charge is 0.493 e. The molecule has 0 radical (unpaired) electrons. The summed E-state index contributed by atoms with van der Waals surface area (Å²) in [7, 11) is 3.21. The zero-order chi connectivity index (χ0) is 14.1. The first-order valence-electron chi connectivity index (χ1n) is 6.19. The van der Waals surface area contributed by atoms with Crippen molar-refractivity contribution in [3.05, 3.63) is 42.6 Å². The number of hydrogen-bond donors (Lipinski definition) is 1. The van der Waals surface area contributed by atoms with Gasteiger partial charge in [-0.15, -0.1) is 0 Å². The van der Waals surface area contributed by atoms with E-state index in [4.69, 9.17) is 15.2 Å². The second-order valence-electron chi connectivity index (χ2n) is 4.34. The highest BCUT2D eigenvalue weighted by molar-refractivity contribution is 5.76. The lowest BCUT2D eigenvalue weighted by molar-refractivity contribution is 0.355. The second kappa shape index (κ2) is 4.77. The van der Waals surface area contributed by atoms with Gasteiger partial charge < -0.3 is 15.2 Å². The number of nitrogens with zero attached hydrogens (tertiary/aromatic N) is 2. The third-order valence-corrected chi connectivity index (χ3v) is 3.22. The van der Waals surface area contributed by atoms with Crippen LogP contribution in [0.3, 0.4) is 0 Å². The topological polar surface area (TPSA) is 61.8 Å². The van der Waals surface area contributed by atoms with Crippen molar-refractivity contribution < 1.29 is 9.47 Å². The highest BCUT2D eigenvalue weighted by Gasteiger charge is 2.13. The zero-order valence-electron chi connectivity index (χ0n) is 11.3. The number of pyridine rings is 1. The standard InChI is InChI=1S/C15H15N3O2/c1-19-11-7-6-10(9-12(11)20-2)14-15(16)18-8-4-3-5-13(18)17-14/h3-9H,16H2,1-2H3. The summed E-state index contributed by atoms with van der Waals surface area (Å²) in [5.74, 6) is 1.94. The molecule has 0 amide bonds. The van der Waals surface area contributed by atoms with E-state index in [0.29, 0.717) is 17.3 Å². The van der Waals surface area contributed by atoms with Gasteiger partial charge in [-0.1, -0.05) is 6.07 Å². The molecule has 5 heteroatoms. The van der Waals surface area contributed by atoms with Gasteiger partial charge in [0.15, 0.2) is 11.5 Å². The van der Waals surface area contributed by atoms with Crippen molar-refractivity contribution in [2.24, 2.45) is 0 Å². The molecule has 0 bridgehead atoms. The van der Waals surface area contributed by atoms with E-state index in [0.717, 1.165) is 16.9 Å². The molecular formula is C15H15N3O2. The lowest BCUT2D eigenvalue weighted by Crippen LogP contribution is -1.94. The molecule has 2 heterocycles. The van der Waals surface area contributed by atoms with Crippen LogP contribution in [-0.2, 0) is 0 Å². The highest BCUT2D eigenvalue weighted by Crippen LogP contribution is 2.34. The highest BCUT2D eigenvalue weighted by atomic mass is 16.5. The van der Waals surface area contributed by atoms with Crippen LogP contribution >= 0.6 is 0 Å². The fraction of sp³-hybridized carbons (Fsp3) is 0.133. The number of rotatable bonds is 3. The zero-order valence-corrected chi connectivity index (χ0v) is 11.3. The van der Waals surface area contributed by atoms with E-state index in [1.54, 1.807) is 14.2 Å². The minimum Gasteiger partial charge on any atom is -0.493 e. The first kappa shape index (κ1) is 12.3. The second-order valence-corrected chi connectivity index (χ2v) is 4.34. The van der Waals surface area contributed by atoms with E-state index in [1.165, 1.54) is 0 Å². The van der Waals surface area contributed by atoms with E-state index >= 15 is 0 Å². The number of nitrogens with two attached hydrogens (primary N) is 1. The van der Waals surface area contributed by atoms with Gasteiger partial charge in [0.1, 0.15) is 17.2 Å². The van der Waals surface area contributed by atoms with Crippen LogP contribution in [0.1, 0.15) is 0 Å². The van der Waals surface area contributed by atoms with Crippen LogP contribution in [-0.4, -0.2) is 23.6 Å². The summed E-state index contributed by atoms with van der Waals surface area (Å²) in [5.41, 5.74) is 8.60. The van der Waals surface area contributed by atoms with E-state index in [-0.39, 0.29) is 0 Å². The smallest absolute Gasteiger partial charge is 0.161 e. The third kappa shape index (κ3) is 1.84. The van der Waals surface area contributed by atoms with Crippen LogP contribution in [0.4, 0.5) is 5.82 Å². The van der Waals surface area contributed by atoms with Gasteiger partial charge in [-0.25, -0.2) is 4.98 Å². The lowest BCUT2D eigenvalue weighted by Gasteiger charge is -2.08. The average molecular weight is 269 g/mol. The molecule has 0 saturated heterocycles. The Morgan fingerprint density at radius 1 is 1.05 bits per heavy atom. The summed E-state index contributed by atoms with van der Waals surface area (Å²) in [6.45, 7) is 0. The van der Waals surface area contributed by atoms with Crippen LogP contribution in [0.15, 0.2) is 42.6 Å². The Hall–Kier alpha value is -2.69. The van der Waals surface area contributed by atoms with Crippen LogP contribution in [0.25, 0.3) is 16.9 Å². The summed E-state index contributed by atoms with van der Waals surface area (Å²) in [6, 6.07) is 11.4. The van der Waals surface area contributed by atoms with Gasteiger partial charge in [-0.3, -0.25) is 4.40 Å². The maximum Gasteiger partial charge on any atom is 0.161 e. The molecule has 102 valence electrons. The van der Waals surface area contributed by atoms with Gasteiger partial charge in [0.2, 0.25) is 0 Å². The summed E-state index contributed by atoms with van der Waals surface area (Å²) in [4.78, 5) is 4.55. The van der Waals surface area contributed by atoms with E-state index < -0.39 is 0 Å². The molecule has 0 saturated carbocycles. The minimum absolute atomic E-state index is 0.604. The molecule has 0 aliphatic heterocycles. The summed E-state index contributed by atoms with van der Waals surface area (Å²) < 4.78 is 12.4. The van der Waals surface area contributed by atoms with Crippen molar-refractivity contribution >= 4 is 11.5 Å². The SMILES string of the molecule is COc1ccc(-c2nc3ccccn3c2N)cc1OC. The molecule has 3 rings (SSSR count). The van der Waals surface area contributed by atoms with Crippen LogP contribution in [0.2, 0.25) is 0 Å². The molecular weight excluding hydrogens is 254 g/mol. The van der Waals surface area contributed by atoms with E-state index in [2.05, 4.69) is 4.98 Å². The van der Waals surface area contributed by atoms with Crippen molar-refractivity contribution in [2.45, 2.75) is 0 Å². The number of imidazole rings is 1. The lowest BCUT2D eigenvalue weighted by atomic mass is 10.1. The Morgan fingerprint density at radius 3 is 2.55 bits per heavy atom. The molecule has 5 nitrogen and oxygen atoms in total. The van der Waals surface area contributed by atoms with Crippen LogP contribution in [0.5, 0.6) is 11.5 Å². The van der Waals surface area contributed by atoms with Crippen molar-refractivity contribution in [3.8, 4) is 22.8 Å². The third-order valence-electron chi connectivity index (χ3n) is 3.22. The van der Waals surface area contributed by atoms with Crippen LogP contribution < -0.4 is 15.2 Å². The van der Waals surface area contributed by atoms with Crippen molar-refractivity contribution in [3.63, 3.8) is 0 Å². The van der Waals surface area contributed by atoms with Crippen molar-refractivity contribution in [1.29, 1.82) is 0 Å². The van der Waals surface area contributed by atoms with Gasteiger partial charge in [0, 0.05) is 11.8 Å². The van der Waals surface area contributed by atoms with Crippen LogP contribution in [0, 0.1) is 0 Å². The molecule has 0 unspecified atom stereocenters. The number of benzene rings is 1. The Labute approximate surface area is 116 Å². The van der Waals surface area contributed by atoms with Crippen molar-refractivity contribution in [2.75, 3.05) is 20.0 Å². The molecule has 2 aromatic heterocycles. The maximum absolute atomic E-state index is 6.16. The normalized spacial score (nSPS) is 10.7. The monoisotopic (exact) mass is 269 g/mol. The van der Waals surface area contributed by atoms with Gasteiger partial charge in [0.05, 0.1) is 14.2 Å². The fourth-order valence-electron chi connectivity index (χ4n) is 2.21. The summed E-state index contributed by atoms with van der Waals surface area (Å²) in [6.07, 6.45) is 1.89. The number of aromatic nitrogens is 2. The maximum atomic E-state index is 6.16. The molecule has 1 aromatic carbocycles. The van der Waals surface area contributed by atoms with Gasteiger partial charge in [-0.2, -0.15) is 0 Å². The molecule has 20 heavy (non-hydrogen) atoms. The molecule has 0 aliphatic carbocycles. The first-order chi connectivity index (χ1) is 9.74. The number of hydrogen-bond acceptors (Lipinski definition) is 4. The minimum atomic E-state index is 0.604. The van der Waals surface area contributed by atoms with Gasteiger partial charge in [0.25, 0.3) is 0 Å². The number of methoxy groups -OCH3 is 2. The van der Waals surface area contributed by atoms with Crippen molar-refractivity contribution in [1.82, 2.24) is 9.38 Å². The fourth-order valence-corrected chi connectivity index (χ4v) is 2.21. The summed E-state index contributed by atoms with van der Waals surface area (Å²) in [5, 5.41) is 0. The molecule has 0 aliphatic rings. The number of nitrogen functional groups attached to an aromatic ring is 1. The predicted molar refractivity (Wildman–Crippen MR) is 78.1 cm³/mol. The Balaban J connectivity index is 2.18. The number of fused-ring (bicyclic) bond motifs is 1. The number of anilines is 1.